The van der Waals surface area contributed by atoms with Crippen molar-refractivity contribution in [2.45, 2.75) is 57.7 Å². The Morgan fingerprint density at radius 3 is 2.32 bits per heavy atom. The van der Waals surface area contributed by atoms with Gasteiger partial charge in [0.15, 0.2) is 12.0 Å². The largest absolute Gasteiger partial charge is 0.464 e. The van der Waals surface area contributed by atoms with E-state index in [9.17, 15) is 19.2 Å². The van der Waals surface area contributed by atoms with E-state index in [1.54, 1.807) is 31.2 Å². The lowest BCUT2D eigenvalue weighted by molar-refractivity contribution is -0.162. The lowest BCUT2D eigenvalue weighted by atomic mass is 9.92. The number of ether oxygens (including phenoxy) is 2. The number of hydrogen-bond donors (Lipinski definition) is 0. The van der Waals surface area contributed by atoms with E-state index in [-0.39, 0.29) is 19.3 Å². The summed E-state index contributed by atoms with van der Waals surface area (Å²) in [6, 6.07) is 7.54. The van der Waals surface area contributed by atoms with Crippen molar-refractivity contribution in [2.75, 3.05) is 6.61 Å². The van der Waals surface area contributed by atoms with Gasteiger partial charge in [-0.05, 0) is 25.3 Å². The maximum atomic E-state index is 12.7. The van der Waals surface area contributed by atoms with Crippen LogP contribution in [0.25, 0.3) is 0 Å². The number of ketones is 1. The lowest BCUT2D eigenvalue weighted by Gasteiger charge is -2.34. The molecule has 0 spiro atoms. The Balaban J connectivity index is 1.82. The van der Waals surface area contributed by atoms with Crippen molar-refractivity contribution in [3.63, 3.8) is 0 Å². The SMILES string of the molecule is CCOC(=O)[C@@H]1[C@H](C(=O)OCc2ccccc2)C(=O)C(=O)N1C1CCCCC1. The topological polar surface area (TPSA) is 90.0 Å². The second-order valence-corrected chi connectivity index (χ2v) is 7.14. The van der Waals surface area contributed by atoms with E-state index in [0.29, 0.717) is 12.8 Å². The number of nitrogens with zero attached hydrogens (tertiary/aromatic N) is 1. The summed E-state index contributed by atoms with van der Waals surface area (Å²) in [5.41, 5.74) is 0.754. The van der Waals surface area contributed by atoms with Crippen molar-refractivity contribution in [1.82, 2.24) is 4.90 Å². The van der Waals surface area contributed by atoms with Gasteiger partial charge in [-0.25, -0.2) is 4.79 Å². The maximum absolute atomic E-state index is 12.7. The number of hydrogen-bond acceptors (Lipinski definition) is 6. The van der Waals surface area contributed by atoms with Crippen LogP contribution in [0, 0.1) is 5.92 Å². The van der Waals surface area contributed by atoms with Gasteiger partial charge in [-0.3, -0.25) is 14.4 Å². The second kappa shape index (κ2) is 8.99. The van der Waals surface area contributed by atoms with Crippen LogP contribution in [0.5, 0.6) is 0 Å². The Hall–Kier alpha value is -2.70. The van der Waals surface area contributed by atoms with Crippen LogP contribution in [0.1, 0.15) is 44.6 Å². The number of carbonyl (C=O) groups is 4. The molecule has 1 aromatic carbocycles. The van der Waals surface area contributed by atoms with Crippen molar-refractivity contribution in [3.05, 3.63) is 35.9 Å². The van der Waals surface area contributed by atoms with Crippen LogP contribution in [0.3, 0.4) is 0 Å². The summed E-state index contributed by atoms with van der Waals surface area (Å²) in [4.78, 5) is 51.9. The second-order valence-electron chi connectivity index (χ2n) is 7.14. The van der Waals surface area contributed by atoms with Gasteiger partial charge in [0.05, 0.1) is 6.61 Å². The molecule has 0 aromatic heterocycles. The normalized spacial score (nSPS) is 23.0. The lowest BCUT2D eigenvalue weighted by Crippen LogP contribution is -2.50. The summed E-state index contributed by atoms with van der Waals surface area (Å²) in [7, 11) is 0. The Kier molecular flexibility index (Phi) is 6.44. The van der Waals surface area contributed by atoms with Gasteiger partial charge in [0.25, 0.3) is 5.91 Å². The van der Waals surface area contributed by atoms with Gasteiger partial charge in [-0.1, -0.05) is 49.6 Å². The van der Waals surface area contributed by atoms with Gasteiger partial charge in [0.1, 0.15) is 6.61 Å². The molecule has 0 bridgehead atoms. The molecule has 0 radical (unpaired) electrons. The Labute approximate surface area is 164 Å². The van der Waals surface area contributed by atoms with Crippen molar-refractivity contribution in [3.8, 4) is 0 Å². The first-order chi connectivity index (χ1) is 13.5. The number of esters is 2. The molecule has 1 saturated heterocycles. The van der Waals surface area contributed by atoms with Crippen molar-refractivity contribution >= 4 is 23.6 Å². The van der Waals surface area contributed by atoms with Crippen LogP contribution in [0.15, 0.2) is 30.3 Å². The predicted molar refractivity (Wildman–Crippen MR) is 98.9 cm³/mol. The molecule has 1 aliphatic heterocycles. The van der Waals surface area contributed by atoms with Crippen molar-refractivity contribution < 1.29 is 28.7 Å². The monoisotopic (exact) mass is 387 g/mol. The van der Waals surface area contributed by atoms with Gasteiger partial charge in [-0.2, -0.15) is 0 Å². The zero-order valence-corrected chi connectivity index (χ0v) is 16.0. The zero-order chi connectivity index (χ0) is 20.1. The van der Waals surface area contributed by atoms with E-state index in [2.05, 4.69) is 0 Å². The summed E-state index contributed by atoms with van der Waals surface area (Å²) in [5.74, 6) is -4.74. The molecule has 1 aromatic rings. The maximum Gasteiger partial charge on any atom is 0.330 e. The summed E-state index contributed by atoms with van der Waals surface area (Å²) in [5, 5.41) is 0. The van der Waals surface area contributed by atoms with Crippen molar-refractivity contribution in [2.24, 2.45) is 5.92 Å². The third-order valence-electron chi connectivity index (χ3n) is 5.32. The molecule has 3 rings (SSSR count). The molecule has 7 heteroatoms. The van der Waals surface area contributed by atoms with Crippen molar-refractivity contribution in [1.29, 1.82) is 0 Å². The molecule has 2 atom stereocenters. The molecule has 0 unspecified atom stereocenters. The first-order valence-electron chi connectivity index (χ1n) is 9.78. The molecule has 1 heterocycles. The molecule has 2 fully saturated rings. The number of rotatable bonds is 6. The minimum Gasteiger partial charge on any atom is -0.464 e. The fourth-order valence-electron chi connectivity index (χ4n) is 3.97. The molecule has 1 amide bonds. The minimum atomic E-state index is -1.47. The van der Waals surface area contributed by atoms with E-state index < -0.39 is 35.6 Å². The average molecular weight is 387 g/mol. The number of carbonyl (C=O) groups excluding carboxylic acids is 4. The predicted octanol–water partition coefficient (Wildman–Crippen LogP) is 2.02. The summed E-state index contributed by atoms with van der Waals surface area (Å²) in [6.07, 6.45) is 4.31. The average Bonchev–Trinajstić information content (AvgIpc) is 2.99. The van der Waals surface area contributed by atoms with E-state index in [1.165, 1.54) is 4.90 Å². The first-order valence-corrected chi connectivity index (χ1v) is 9.78. The zero-order valence-electron chi connectivity index (χ0n) is 16.0. The minimum absolute atomic E-state index is 0.0311. The standard InChI is InChI=1S/C21H25NO6/c1-2-27-21(26)17-16(20(25)28-13-14-9-5-3-6-10-14)18(23)19(24)22(17)15-11-7-4-8-12-15/h3,5-6,9-10,15-17H,2,4,7-8,11-13H2,1H3/t16-,17-/m0/s1. The summed E-state index contributed by atoms with van der Waals surface area (Å²) >= 11 is 0. The molecule has 0 N–H and O–H groups in total. The third-order valence-corrected chi connectivity index (χ3v) is 5.32. The number of likely N-dealkylation sites (tertiary alicyclic amines) is 1. The third kappa shape index (κ3) is 4.08. The smallest absolute Gasteiger partial charge is 0.330 e. The van der Waals surface area contributed by atoms with Crippen LogP contribution in [-0.4, -0.2) is 47.2 Å². The van der Waals surface area contributed by atoms with Crippen LogP contribution in [0.2, 0.25) is 0 Å². The first kappa shape index (κ1) is 20.0. The van der Waals surface area contributed by atoms with Crippen LogP contribution < -0.4 is 0 Å². The molecule has 1 aliphatic carbocycles. The van der Waals surface area contributed by atoms with Crippen LogP contribution in [-0.2, 0) is 35.3 Å². The number of benzene rings is 1. The molecule has 150 valence electrons. The van der Waals surface area contributed by atoms with Gasteiger partial charge in [0.2, 0.25) is 5.78 Å². The molecule has 7 nitrogen and oxygen atoms in total. The van der Waals surface area contributed by atoms with E-state index in [4.69, 9.17) is 9.47 Å². The molecule has 28 heavy (non-hydrogen) atoms. The van der Waals surface area contributed by atoms with E-state index in [1.807, 2.05) is 6.07 Å². The highest BCUT2D eigenvalue weighted by Gasteiger charge is 2.57. The Morgan fingerprint density at radius 1 is 1.00 bits per heavy atom. The van der Waals surface area contributed by atoms with Gasteiger partial charge >= 0.3 is 11.9 Å². The number of amides is 1. The van der Waals surface area contributed by atoms with Gasteiger partial charge < -0.3 is 14.4 Å². The Morgan fingerprint density at radius 2 is 1.68 bits per heavy atom. The quantitative estimate of drug-likeness (QED) is 0.421. The molecular formula is C21H25NO6. The van der Waals surface area contributed by atoms with Crippen LogP contribution >= 0.6 is 0 Å². The summed E-state index contributed by atoms with van der Waals surface area (Å²) < 4.78 is 10.4. The highest BCUT2D eigenvalue weighted by atomic mass is 16.5. The van der Waals surface area contributed by atoms with E-state index >= 15 is 0 Å². The highest BCUT2D eigenvalue weighted by Crippen LogP contribution is 2.33. The molecule has 2 aliphatic rings. The molecule has 1 saturated carbocycles. The summed E-state index contributed by atoms with van der Waals surface area (Å²) in [6.45, 7) is 1.71. The van der Waals surface area contributed by atoms with Gasteiger partial charge in [-0.15, -0.1) is 0 Å². The highest BCUT2D eigenvalue weighted by molar-refractivity contribution is 6.43. The fraction of sp³-hybridized carbons (Fsp3) is 0.524. The van der Waals surface area contributed by atoms with Crippen LogP contribution in [0.4, 0.5) is 0 Å². The van der Waals surface area contributed by atoms with Gasteiger partial charge in [0, 0.05) is 6.04 Å². The number of Topliss-reactive ketones (excluding diaryl/α,β-unsaturated/α-hetero) is 1. The Bertz CT molecular complexity index is 741. The molecular weight excluding hydrogens is 362 g/mol. The van der Waals surface area contributed by atoms with E-state index in [0.717, 1.165) is 24.8 Å². The fourth-order valence-corrected chi connectivity index (χ4v) is 3.97.